The van der Waals surface area contributed by atoms with Gasteiger partial charge in [-0.2, -0.15) is 0 Å². The standard InChI is InChI=1S/C17H28O/c1-13-7-6-12-17(2,3)15(13)10-11-16(18)14-8-4-5-9-14/h10-11,14,16,18H,4-9,12H2,1-3H3. The largest absolute Gasteiger partial charge is 0.389 e. The van der Waals surface area contributed by atoms with Gasteiger partial charge in [0.25, 0.3) is 0 Å². The van der Waals surface area contributed by atoms with Crippen LogP contribution >= 0.6 is 0 Å². The van der Waals surface area contributed by atoms with Crippen molar-refractivity contribution >= 4 is 0 Å². The maximum atomic E-state index is 10.2. The molecule has 1 fully saturated rings. The van der Waals surface area contributed by atoms with Gasteiger partial charge in [-0.15, -0.1) is 0 Å². The first-order valence-electron chi connectivity index (χ1n) is 7.57. The smallest absolute Gasteiger partial charge is 0.0752 e. The van der Waals surface area contributed by atoms with Gasteiger partial charge >= 0.3 is 0 Å². The van der Waals surface area contributed by atoms with Crippen LogP contribution in [0.1, 0.15) is 65.7 Å². The highest BCUT2D eigenvalue weighted by Gasteiger charge is 2.27. The Labute approximate surface area is 112 Å². The Hall–Kier alpha value is -0.560. The summed E-state index contributed by atoms with van der Waals surface area (Å²) in [7, 11) is 0. The molecular formula is C17H28O. The maximum absolute atomic E-state index is 10.2. The summed E-state index contributed by atoms with van der Waals surface area (Å²) in [5, 5.41) is 10.2. The molecule has 0 heterocycles. The van der Waals surface area contributed by atoms with E-state index in [1.807, 2.05) is 0 Å². The second-order valence-corrected chi connectivity index (χ2v) is 6.83. The maximum Gasteiger partial charge on any atom is 0.0752 e. The molecule has 0 aliphatic heterocycles. The van der Waals surface area contributed by atoms with Crippen LogP contribution in [-0.2, 0) is 0 Å². The zero-order chi connectivity index (χ0) is 13.2. The number of allylic oxidation sites excluding steroid dienone is 3. The Bertz CT molecular complexity index is 343. The van der Waals surface area contributed by atoms with Gasteiger partial charge < -0.3 is 5.11 Å². The fourth-order valence-electron chi connectivity index (χ4n) is 3.66. The highest BCUT2D eigenvalue weighted by Crippen LogP contribution is 2.41. The van der Waals surface area contributed by atoms with Gasteiger partial charge in [0.2, 0.25) is 0 Å². The Morgan fingerprint density at radius 1 is 1.22 bits per heavy atom. The topological polar surface area (TPSA) is 20.2 Å². The average Bonchev–Trinajstić information content (AvgIpc) is 2.80. The van der Waals surface area contributed by atoms with Crippen LogP contribution in [0.5, 0.6) is 0 Å². The minimum absolute atomic E-state index is 0.231. The highest BCUT2D eigenvalue weighted by atomic mass is 16.3. The van der Waals surface area contributed by atoms with Crippen LogP contribution in [0.15, 0.2) is 23.3 Å². The van der Waals surface area contributed by atoms with E-state index in [-0.39, 0.29) is 11.5 Å². The van der Waals surface area contributed by atoms with Crippen LogP contribution in [0.4, 0.5) is 0 Å². The fraction of sp³-hybridized carbons (Fsp3) is 0.765. The van der Waals surface area contributed by atoms with Crippen molar-refractivity contribution in [3.8, 4) is 0 Å². The summed E-state index contributed by atoms with van der Waals surface area (Å²) in [5.41, 5.74) is 3.26. The lowest BCUT2D eigenvalue weighted by Gasteiger charge is -2.33. The zero-order valence-corrected chi connectivity index (χ0v) is 12.2. The second-order valence-electron chi connectivity index (χ2n) is 6.83. The lowest BCUT2D eigenvalue weighted by Crippen LogP contribution is -2.20. The van der Waals surface area contributed by atoms with Crippen molar-refractivity contribution in [3.63, 3.8) is 0 Å². The minimum atomic E-state index is -0.231. The molecule has 0 aromatic heterocycles. The summed E-state index contributed by atoms with van der Waals surface area (Å²) in [6.45, 7) is 6.91. The zero-order valence-electron chi connectivity index (χ0n) is 12.2. The molecule has 1 nitrogen and oxygen atoms in total. The Morgan fingerprint density at radius 2 is 1.89 bits per heavy atom. The molecular weight excluding hydrogens is 220 g/mol. The summed E-state index contributed by atoms with van der Waals surface area (Å²) in [6, 6.07) is 0. The number of hydrogen-bond donors (Lipinski definition) is 1. The predicted molar refractivity (Wildman–Crippen MR) is 77.4 cm³/mol. The first-order chi connectivity index (χ1) is 8.50. The van der Waals surface area contributed by atoms with Crippen LogP contribution < -0.4 is 0 Å². The van der Waals surface area contributed by atoms with Crippen LogP contribution in [-0.4, -0.2) is 11.2 Å². The van der Waals surface area contributed by atoms with Gasteiger partial charge in [0.1, 0.15) is 0 Å². The van der Waals surface area contributed by atoms with Crippen LogP contribution in [0, 0.1) is 11.3 Å². The molecule has 1 atom stereocenters. The van der Waals surface area contributed by atoms with Gasteiger partial charge in [-0.3, -0.25) is 0 Å². The summed E-state index contributed by atoms with van der Waals surface area (Å²) in [6.07, 6.45) is 12.8. The van der Waals surface area contributed by atoms with Crippen molar-refractivity contribution in [1.82, 2.24) is 0 Å². The molecule has 1 N–H and O–H groups in total. The van der Waals surface area contributed by atoms with Crippen LogP contribution in [0.2, 0.25) is 0 Å². The van der Waals surface area contributed by atoms with Crippen molar-refractivity contribution in [2.75, 3.05) is 0 Å². The van der Waals surface area contributed by atoms with E-state index < -0.39 is 0 Å². The summed E-state index contributed by atoms with van der Waals surface area (Å²) < 4.78 is 0. The summed E-state index contributed by atoms with van der Waals surface area (Å²) >= 11 is 0. The molecule has 0 saturated heterocycles. The molecule has 0 radical (unpaired) electrons. The van der Waals surface area contributed by atoms with Gasteiger partial charge in [-0.05, 0) is 55.9 Å². The van der Waals surface area contributed by atoms with E-state index in [1.54, 1.807) is 0 Å². The van der Waals surface area contributed by atoms with Crippen LogP contribution in [0.3, 0.4) is 0 Å². The normalized spacial score (nSPS) is 27.1. The van der Waals surface area contributed by atoms with Gasteiger partial charge in [0.05, 0.1) is 6.10 Å². The van der Waals surface area contributed by atoms with Gasteiger partial charge in [-0.25, -0.2) is 0 Å². The van der Waals surface area contributed by atoms with E-state index in [1.165, 1.54) is 56.1 Å². The molecule has 0 bridgehead atoms. The molecule has 0 aromatic rings. The third kappa shape index (κ3) is 3.06. The van der Waals surface area contributed by atoms with Gasteiger partial charge in [-0.1, -0.05) is 44.4 Å². The fourth-order valence-corrected chi connectivity index (χ4v) is 3.66. The average molecular weight is 248 g/mol. The predicted octanol–water partition coefficient (Wildman–Crippen LogP) is 4.62. The highest BCUT2D eigenvalue weighted by molar-refractivity contribution is 5.33. The molecule has 0 amide bonds. The number of rotatable bonds is 3. The summed E-state index contributed by atoms with van der Waals surface area (Å²) in [4.78, 5) is 0. The van der Waals surface area contributed by atoms with Crippen molar-refractivity contribution in [1.29, 1.82) is 0 Å². The second kappa shape index (κ2) is 5.61. The van der Waals surface area contributed by atoms with Crippen molar-refractivity contribution < 1.29 is 5.11 Å². The van der Waals surface area contributed by atoms with Crippen molar-refractivity contribution in [2.24, 2.45) is 11.3 Å². The van der Waals surface area contributed by atoms with Crippen LogP contribution in [0.25, 0.3) is 0 Å². The molecule has 0 spiro atoms. The number of aliphatic hydroxyl groups is 1. The number of hydrogen-bond acceptors (Lipinski definition) is 1. The monoisotopic (exact) mass is 248 g/mol. The summed E-state index contributed by atoms with van der Waals surface area (Å²) in [5.74, 6) is 0.508. The van der Waals surface area contributed by atoms with E-state index in [0.29, 0.717) is 5.92 Å². The third-order valence-electron chi connectivity index (χ3n) is 4.89. The quantitative estimate of drug-likeness (QED) is 0.772. The first kappa shape index (κ1) is 13.9. The van der Waals surface area contributed by atoms with E-state index >= 15 is 0 Å². The molecule has 2 aliphatic rings. The van der Waals surface area contributed by atoms with E-state index in [9.17, 15) is 5.11 Å². The van der Waals surface area contributed by atoms with Crippen molar-refractivity contribution in [2.45, 2.75) is 71.8 Å². The lowest BCUT2D eigenvalue weighted by atomic mass is 9.72. The molecule has 1 saturated carbocycles. The van der Waals surface area contributed by atoms with Crippen molar-refractivity contribution in [3.05, 3.63) is 23.3 Å². The Morgan fingerprint density at radius 3 is 2.50 bits per heavy atom. The molecule has 18 heavy (non-hydrogen) atoms. The molecule has 1 heteroatoms. The third-order valence-corrected chi connectivity index (χ3v) is 4.89. The SMILES string of the molecule is CC1=C(C=CC(O)C2CCCC2)C(C)(C)CCC1. The molecule has 0 aromatic carbocycles. The molecule has 2 aliphatic carbocycles. The van der Waals surface area contributed by atoms with E-state index in [0.717, 1.165) is 0 Å². The molecule has 2 rings (SSSR count). The van der Waals surface area contributed by atoms with E-state index in [2.05, 4.69) is 32.9 Å². The number of aliphatic hydroxyl groups excluding tert-OH is 1. The first-order valence-corrected chi connectivity index (χ1v) is 7.57. The Balaban J connectivity index is 2.06. The minimum Gasteiger partial charge on any atom is -0.389 e. The Kier molecular flexibility index (Phi) is 4.32. The lowest BCUT2D eigenvalue weighted by molar-refractivity contribution is 0.155. The van der Waals surface area contributed by atoms with Gasteiger partial charge in [0, 0.05) is 0 Å². The molecule has 1 unspecified atom stereocenters. The molecule has 102 valence electrons. The van der Waals surface area contributed by atoms with Gasteiger partial charge in [0.15, 0.2) is 0 Å². The van der Waals surface area contributed by atoms with E-state index in [4.69, 9.17) is 0 Å².